The Morgan fingerprint density at radius 3 is 2.64 bits per heavy atom. The van der Waals surface area contributed by atoms with Crippen molar-refractivity contribution in [3.05, 3.63) is 46.2 Å². The smallest absolute Gasteiger partial charge is 0.258 e. The number of aromatic nitrogens is 3. The summed E-state index contributed by atoms with van der Waals surface area (Å²) in [4.78, 5) is 41.7. The molecule has 0 saturated carbocycles. The summed E-state index contributed by atoms with van der Waals surface area (Å²) in [5.74, 6) is 1.53. The summed E-state index contributed by atoms with van der Waals surface area (Å²) < 4.78 is 2.97. The molecule has 0 bridgehead atoms. The van der Waals surface area contributed by atoms with E-state index in [1.54, 1.807) is 6.20 Å². The van der Waals surface area contributed by atoms with E-state index < -0.39 is 0 Å². The molecule has 188 valence electrons. The zero-order valence-corrected chi connectivity index (χ0v) is 21.6. The van der Waals surface area contributed by atoms with Gasteiger partial charge in [0.15, 0.2) is 5.65 Å². The maximum Gasteiger partial charge on any atom is 0.258 e. The summed E-state index contributed by atoms with van der Waals surface area (Å²) in [5, 5.41) is 6.56. The van der Waals surface area contributed by atoms with Crippen LogP contribution >= 0.6 is 11.3 Å². The van der Waals surface area contributed by atoms with Gasteiger partial charge in [0.25, 0.3) is 5.91 Å². The molecule has 3 aromatic heterocycles. The second kappa shape index (κ2) is 9.10. The van der Waals surface area contributed by atoms with Gasteiger partial charge in [0.05, 0.1) is 15.6 Å². The Morgan fingerprint density at radius 1 is 1.14 bits per heavy atom. The first-order valence-electron chi connectivity index (χ1n) is 12.6. The van der Waals surface area contributed by atoms with E-state index in [-0.39, 0.29) is 16.9 Å². The molecule has 2 N–H and O–H groups in total. The predicted octanol–water partition coefficient (Wildman–Crippen LogP) is 2.18. The van der Waals surface area contributed by atoms with E-state index in [1.165, 1.54) is 11.3 Å². The summed E-state index contributed by atoms with van der Waals surface area (Å²) in [5.41, 5.74) is 1.33. The molecular weight excluding hydrogens is 474 g/mol. The van der Waals surface area contributed by atoms with Crippen LogP contribution in [0.1, 0.15) is 24.2 Å². The molecular formula is C26H31N7O2S. The molecule has 1 aromatic carbocycles. The number of fused-ring (bicyclic) bond motifs is 6. The molecule has 0 radical (unpaired) electrons. The van der Waals surface area contributed by atoms with E-state index in [9.17, 15) is 9.59 Å². The van der Waals surface area contributed by atoms with Crippen molar-refractivity contribution in [2.24, 2.45) is 11.8 Å². The second-order valence-corrected chi connectivity index (χ2v) is 11.4. The molecule has 2 atom stereocenters. The van der Waals surface area contributed by atoms with Crippen LogP contribution in [0.15, 0.2) is 35.3 Å². The number of anilines is 1. The van der Waals surface area contributed by atoms with Gasteiger partial charge < -0.3 is 20.4 Å². The van der Waals surface area contributed by atoms with Crippen molar-refractivity contribution in [3.63, 3.8) is 0 Å². The van der Waals surface area contributed by atoms with Crippen molar-refractivity contribution >= 4 is 49.3 Å². The highest BCUT2D eigenvalue weighted by molar-refractivity contribution is 7.24. The van der Waals surface area contributed by atoms with Crippen LogP contribution in [-0.2, 0) is 0 Å². The molecule has 0 spiro atoms. The number of benzene rings is 1. The third-order valence-corrected chi connectivity index (χ3v) is 8.46. The molecule has 36 heavy (non-hydrogen) atoms. The van der Waals surface area contributed by atoms with Gasteiger partial charge in [-0.25, -0.2) is 4.98 Å². The summed E-state index contributed by atoms with van der Waals surface area (Å²) >= 11 is 1.45. The molecule has 4 aromatic rings. The number of likely N-dealkylation sites (tertiary alicyclic amines) is 1. The van der Waals surface area contributed by atoms with Crippen molar-refractivity contribution in [3.8, 4) is 0 Å². The van der Waals surface area contributed by atoms with Crippen LogP contribution in [-0.4, -0.2) is 77.5 Å². The zero-order chi connectivity index (χ0) is 25.0. The van der Waals surface area contributed by atoms with Crippen molar-refractivity contribution in [1.82, 2.24) is 29.9 Å². The van der Waals surface area contributed by atoms with Crippen LogP contribution in [0.25, 0.3) is 26.1 Å². The van der Waals surface area contributed by atoms with Gasteiger partial charge in [0.1, 0.15) is 10.4 Å². The zero-order valence-electron chi connectivity index (χ0n) is 20.8. The molecule has 2 saturated heterocycles. The highest BCUT2D eigenvalue weighted by Gasteiger charge is 2.39. The van der Waals surface area contributed by atoms with Gasteiger partial charge in [-0.3, -0.25) is 14.0 Å². The highest BCUT2D eigenvalue weighted by atomic mass is 32.1. The summed E-state index contributed by atoms with van der Waals surface area (Å²) in [6, 6.07) is 8.28. The van der Waals surface area contributed by atoms with E-state index in [2.05, 4.69) is 46.3 Å². The lowest BCUT2D eigenvalue weighted by Gasteiger charge is -2.19. The molecule has 9 nitrogen and oxygen atoms in total. The lowest BCUT2D eigenvalue weighted by molar-refractivity contribution is 0.0954. The molecule has 2 aliphatic rings. The Bertz CT molecular complexity index is 1510. The number of pyridine rings is 1. The van der Waals surface area contributed by atoms with Gasteiger partial charge in [-0.1, -0.05) is 26.0 Å². The van der Waals surface area contributed by atoms with E-state index >= 15 is 0 Å². The fourth-order valence-corrected chi connectivity index (χ4v) is 6.84. The number of para-hydroxylation sites is 1. The Balaban J connectivity index is 1.45. The van der Waals surface area contributed by atoms with Crippen LogP contribution in [0.4, 0.5) is 5.95 Å². The molecule has 6 rings (SSSR count). The van der Waals surface area contributed by atoms with E-state index in [1.807, 2.05) is 28.7 Å². The number of nitrogens with one attached hydrogen (secondary N) is 2. The minimum absolute atomic E-state index is 0.156. The number of hydrogen-bond acceptors (Lipinski definition) is 8. The first-order valence-corrected chi connectivity index (χ1v) is 13.4. The minimum atomic E-state index is -0.364. The normalized spacial score (nSPS) is 20.3. The average molecular weight is 506 g/mol. The maximum absolute atomic E-state index is 13.6. The van der Waals surface area contributed by atoms with Gasteiger partial charge in [-0.15, -0.1) is 11.3 Å². The number of carbonyl (C=O) groups excluding carboxylic acids is 1. The van der Waals surface area contributed by atoms with Crippen LogP contribution in [0.5, 0.6) is 0 Å². The molecule has 10 heteroatoms. The summed E-state index contributed by atoms with van der Waals surface area (Å²) in [7, 11) is 2.18. The standard InChI is InChI=1S/C26H31N7O2S/c1-15(2)27-8-9-28-24(35)21-22(34)18-10-29-26(32-13-16-11-31(3)12-17(16)14-32)30-23(18)33-19-6-4-5-7-20(19)36-25(21)33/h4-7,10,15-17,27H,8-9,11-14H2,1-3H3,(H,28,35). The first kappa shape index (κ1) is 23.3. The average Bonchev–Trinajstić information content (AvgIpc) is 3.52. The number of hydrogen-bond donors (Lipinski definition) is 2. The molecule has 0 aliphatic carbocycles. The van der Waals surface area contributed by atoms with Gasteiger partial charge in [-0.2, -0.15) is 4.98 Å². The van der Waals surface area contributed by atoms with Crippen molar-refractivity contribution in [2.45, 2.75) is 19.9 Å². The third kappa shape index (κ3) is 3.93. The SMILES string of the molecule is CC(C)NCCNC(=O)c1c(=O)c2cnc(N3CC4CN(C)CC4C3)nc2n2c1sc1ccccc12. The molecule has 2 fully saturated rings. The van der Waals surface area contributed by atoms with Crippen molar-refractivity contribution in [1.29, 1.82) is 0 Å². The van der Waals surface area contributed by atoms with Gasteiger partial charge >= 0.3 is 0 Å². The number of nitrogens with zero attached hydrogens (tertiary/aromatic N) is 5. The number of amides is 1. The summed E-state index contributed by atoms with van der Waals surface area (Å²) in [6.07, 6.45) is 1.61. The van der Waals surface area contributed by atoms with Crippen LogP contribution in [0.3, 0.4) is 0 Å². The monoisotopic (exact) mass is 505 g/mol. The largest absolute Gasteiger partial charge is 0.351 e. The fraction of sp³-hybridized carbons (Fsp3) is 0.462. The second-order valence-electron chi connectivity index (χ2n) is 10.3. The van der Waals surface area contributed by atoms with Crippen LogP contribution in [0, 0.1) is 11.8 Å². The summed E-state index contributed by atoms with van der Waals surface area (Å²) in [6.45, 7) is 9.22. The van der Waals surface area contributed by atoms with Gasteiger partial charge in [-0.05, 0) is 31.0 Å². The lowest BCUT2D eigenvalue weighted by atomic mass is 10.0. The van der Waals surface area contributed by atoms with E-state index in [0.29, 0.717) is 52.8 Å². The number of thiazole rings is 1. The number of rotatable bonds is 6. The lowest BCUT2D eigenvalue weighted by Crippen LogP contribution is -2.36. The van der Waals surface area contributed by atoms with Crippen LogP contribution in [0.2, 0.25) is 0 Å². The quantitative estimate of drug-likeness (QED) is 0.388. The molecule has 2 unspecified atom stereocenters. The maximum atomic E-state index is 13.6. The topological polar surface area (TPSA) is 94.9 Å². The van der Waals surface area contributed by atoms with Crippen molar-refractivity contribution in [2.75, 3.05) is 51.2 Å². The van der Waals surface area contributed by atoms with Crippen molar-refractivity contribution < 1.29 is 4.79 Å². The highest BCUT2D eigenvalue weighted by Crippen LogP contribution is 2.34. The minimum Gasteiger partial charge on any atom is -0.351 e. The first-order chi connectivity index (χ1) is 17.4. The van der Waals surface area contributed by atoms with Gasteiger partial charge in [0.2, 0.25) is 11.4 Å². The van der Waals surface area contributed by atoms with Gasteiger partial charge in [0, 0.05) is 51.5 Å². The Hall–Kier alpha value is -3.08. The third-order valence-electron chi connectivity index (χ3n) is 7.31. The Morgan fingerprint density at radius 2 is 1.89 bits per heavy atom. The Kier molecular flexibility index (Phi) is 5.89. The van der Waals surface area contributed by atoms with Crippen LogP contribution < -0.4 is 21.0 Å². The van der Waals surface area contributed by atoms with E-state index in [0.717, 1.165) is 36.4 Å². The molecule has 5 heterocycles. The molecule has 2 aliphatic heterocycles. The Labute approximate surface area is 213 Å². The fourth-order valence-electron chi connectivity index (χ4n) is 5.66. The van der Waals surface area contributed by atoms with E-state index in [4.69, 9.17) is 4.98 Å². The molecule has 1 amide bonds. The number of carbonyl (C=O) groups is 1. The predicted molar refractivity (Wildman–Crippen MR) is 144 cm³/mol.